The SMILES string of the molecule is CCc1ccc(COc2ccc(C=O)nc2)s1. The van der Waals surface area contributed by atoms with E-state index >= 15 is 0 Å². The van der Waals surface area contributed by atoms with Crippen molar-refractivity contribution in [2.45, 2.75) is 20.0 Å². The van der Waals surface area contributed by atoms with Crippen LogP contribution in [0.15, 0.2) is 30.5 Å². The number of aromatic nitrogens is 1. The predicted molar refractivity (Wildman–Crippen MR) is 67.7 cm³/mol. The number of hydrogen-bond donors (Lipinski definition) is 0. The summed E-state index contributed by atoms with van der Waals surface area (Å²) in [5.74, 6) is 0.682. The van der Waals surface area contributed by atoms with Gasteiger partial charge in [-0.05, 0) is 30.7 Å². The van der Waals surface area contributed by atoms with Crippen LogP contribution in [0, 0.1) is 0 Å². The zero-order valence-corrected chi connectivity index (χ0v) is 10.4. The van der Waals surface area contributed by atoms with Gasteiger partial charge in [-0.15, -0.1) is 11.3 Å². The average molecular weight is 247 g/mol. The molecule has 0 radical (unpaired) electrons. The zero-order chi connectivity index (χ0) is 12.1. The summed E-state index contributed by atoms with van der Waals surface area (Å²) in [6.45, 7) is 2.69. The predicted octanol–water partition coefficient (Wildman–Crippen LogP) is 3.10. The standard InChI is InChI=1S/C13H13NO2S/c1-2-12-5-6-13(17-12)9-16-11-4-3-10(8-15)14-7-11/h3-8H,2,9H2,1H3. The van der Waals surface area contributed by atoms with Gasteiger partial charge in [0, 0.05) is 9.75 Å². The molecule has 0 aromatic carbocycles. The van der Waals surface area contributed by atoms with Crippen molar-refractivity contribution in [3.63, 3.8) is 0 Å². The van der Waals surface area contributed by atoms with Crippen molar-refractivity contribution >= 4 is 17.6 Å². The number of rotatable bonds is 5. The van der Waals surface area contributed by atoms with Crippen molar-refractivity contribution < 1.29 is 9.53 Å². The Morgan fingerprint density at radius 2 is 2.12 bits per heavy atom. The summed E-state index contributed by atoms with van der Waals surface area (Å²) in [4.78, 5) is 16.9. The highest BCUT2D eigenvalue weighted by molar-refractivity contribution is 7.11. The topological polar surface area (TPSA) is 39.2 Å². The van der Waals surface area contributed by atoms with Gasteiger partial charge in [0.2, 0.25) is 0 Å². The molecule has 0 aliphatic heterocycles. The van der Waals surface area contributed by atoms with Gasteiger partial charge in [-0.25, -0.2) is 4.98 Å². The first kappa shape index (κ1) is 11.8. The molecule has 0 saturated carbocycles. The first-order valence-corrected chi connectivity index (χ1v) is 6.25. The van der Waals surface area contributed by atoms with E-state index in [0.29, 0.717) is 18.1 Å². The first-order chi connectivity index (χ1) is 8.31. The number of hydrogen-bond acceptors (Lipinski definition) is 4. The molecular formula is C13H13NO2S. The number of pyridine rings is 1. The highest BCUT2D eigenvalue weighted by Crippen LogP contribution is 2.19. The molecule has 0 N–H and O–H groups in total. The molecular weight excluding hydrogens is 234 g/mol. The van der Waals surface area contributed by atoms with E-state index in [0.717, 1.165) is 12.7 Å². The Labute approximate surface area is 104 Å². The van der Waals surface area contributed by atoms with Gasteiger partial charge in [-0.3, -0.25) is 4.79 Å². The second-order valence-electron chi connectivity index (χ2n) is 3.55. The van der Waals surface area contributed by atoms with E-state index in [-0.39, 0.29) is 0 Å². The number of thiophene rings is 1. The summed E-state index contributed by atoms with van der Waals surface area (Å²) >= 11 is 1.76. The molecule has 0 unspecified atom stereocenters. The highest BCUT2D eigenvalue weighted by atomic mass is 32.1. The second-order valence-corrected chi connectivity index (χ2v) is 4.80. The fraction of sp³-hybridized carbons (Fsp3) is 0.231. The molecule has 0 spiro atoms. The Balaban J connectivity index is 1.94. The molecule has 4 heteroatoms. The van der Waals surface area contributed by atoms with Crippen LogP contribution in [0.2, 0.25) is 0 Å². The van der Waals surface area contributed by atoms with E-state index in [2.05, 4.69) is 24.0 Å². The molecule has 3 nitrogen and oxygen atoms in total. The van der Waals surface area contributed by atoms with E-state index in [9.17, 15) is 4.79 Å². The number of ether oxygens (including phenoxy) is 1. The lowest BCUT2D eigenvalue weighted by molar-refractivity contribution is 0.111. The molecule has 0 aliphatic carbocycles. The molecule has 0 fully saturated rings. The molecule has 2 aromatic heterocycles. The van der Waals surface area contributed by atoms with Gasteiger partial charge in [0.15, 0.2) is 6.29 Å². The van der Waals surface area contributed by atoms with Crippen LogP contribution in [0.4, 0.5) is 0 Å². The monoisotopic (exact) mass is 247 g/mol. The minimum absolute atomic E-state index is 0.418. The number of aldehydes is 1. The largest absolute Gasteiger partial charge is 0.486 e. The Bertz CT molecular complexity index is 490. The molecule has 0 bridgehead atoms. The summed E-state index contributed by atoms with van der Waals surface area (Å²) < 4.78 is 5.58. The lowest BCUT2D eigenvalue weighted by Crippen LogP contribution is -1.94. The summed E-state index contributed by atoms with van der Waals surface area (Å²) in [6.07, 6.45) is 3.34. The fourth-order valence-corrected chi connectivity index (χ4v) is 2.26. The third-order valence-electron chi connectivity index (χ3n) is 2.33. The maximum atomic E-state index is 10.4. The maximum Gasteiger partial charge on any atom is 0.168 e. The average Bonchev–Trinajstić information content (AvgIpc) is 2.85. The van der Waals surface area contributed by atoms with Crippen LogP contribution in [0.1, 0.15) is 27.2 Å². The fourth-order valence-electron chi connectivity index (χ4n) is 1.39. The lowest BCUT2D eigenvalue weighted by atomic mass is 10.3. The third-order valence-corrected chi connectivity index (χ3v) is 3.53. The van der Waals surface area contributed by atoms with Crippen LogP contribution in [-0.4, -0.2) is 11.3 Å². The van der Waals surface area contributed by atoms with Crippen LogP contribution in [0.25, 0.3) is 0 Å². The number of carbonyl (C=O) groups excluding carboxylic acids is 1. The number of carbonyl (C=O) groups is 1. The van der Waals surface area contributed by atoms with Crippen molar-refractivity contribution in [2.75, 3.05) is 0 Å². The maximum absolute atomic E-state index is 10.4. The molecule has 0 saturated heterocycles. The molecule has 17 heavy (non-hydrogen) atoms. The van der Waals surface area contributed by atoms with Crippen molar-refractivity contribution in [2.24, 2.45) is 0 Å². The molecule has 0 atom stereocenters. The van der Waals surface area contributed by atoms with Crippen molar-refractivity contribution in [3.05, 3.63) is 45.9 Å². The van der Waals surface area contributed by atoms with Crippen LogP contribution < -0.4 is 4.74 Å². The summed E-state index contributed by atoms with van der Waals surface area (Å²) in [7, 11) is 0. The summed E-state index contributed by atoms with van der Waals surface area (Å²) in [5, 5.41) is 0. The van der Waals surface area contributed by atoms with Crippen molar-refractivity contribution in [3.8, 4) is 5.75 Å². The second kappa shape index (κ2) is 5.59. The van der Waals surface area contributed by atoms with Crippen molar-refractivity contribution in [1.29, 1.82) is 0 Å². The Morgan fingerprint density at radius 1 is 1.29 bits per heavy atom. The smallest absolute Gasteiger partial charge is 0.168 e. The minimum atomic E-state index is 0.418. The van der Waals surface area contributed by atoms with E-state index in [1.165, 1.54) is 9.75 Å². The molecule has 88 valence electrons. The molecule has 0 aliphatic rings. The first-order valence-electron chi connectivity index (χ1n) is 5.43. The van der Waals surface area contributed by atoms with Gasteiger partial charge in [-0.2, -0.15) is 0 Å². The Kier molecular flexibility index (Phi) is 3.88. The quantitative estimate of drug-likeness (QED) is 0.762. The van der Waals surface area contributed by atoms with Gasteiger partial charge in [0.1, 0.15) is 18.1 Å². The lowest BCUT2D eigenvalue weighted by Gasteiger charge is -2.03. The van der Waals surface area contributed by atoms with Crippen LogP contribution in [0.3, 0.4) is 0 Å². The molecule has 0 amide bonds. The number of nitrogens with zero attached hydrogens (tertiary/aromatic N) is 1. The van der Waals surface area contributed by atoms with E-state index < -0.39 is 0 Å². The van der Waals surface area contributed by atoms with E-state index in [4.69, 9.17) is 4.74 Å². The highest BCUT2D eigenvalue weighted by Gasteiger charge is 2.00. The van der Waals surface area contributed by atoms with Crippen molar-refractivity contribution in [1.82, 2.24) is 4.98 Å². The van der Waals surface area contributed by atoms with Crippen LogP contribution in [-0.2, 0) is 13.0 Å². The summed E-state index contributed by atoms with van der Waals surface area (Å²) in [5.41, 5.74) is 0.418. The van der Waals surface area contributed by atoms with Gasteiger partial charge < -0.3 is 4.74 Å². The van der Waals surface area contributed by atoms with Gasteiger partial charge in [0.25, 0.3) is 0 Å². The molecule has 2 heterocycles. The molecule has 2 rings (SSSR count). The Morgan fingerprint density at radius 3 is 2.71 bits per heavy atom. The van der Waals surface area contributed by atoms with Crippen LogP contribution in [0.5, 0.6) is 5.75 Å². The van der Waals surface area contributed by atoms with E-state index in [1.54, 1.807) is 29.7 Å². The van der Waals surface area contributed by atoms with Gasteiger partial charge in [-0.1, -0.05) is 6.92 Å². The molecule has 2 aromatic rings. The van der Waals surface area contributed by atoms with Crippen LogP contribution >= 0.6 is 11.3 Å². The third kappa shape index (κ3) is 3.14. The normalized spacial score (nSPS) is 10.2. The van der Waals surface area contributed by atoms with Gasteiger partial charge in [0.05, 0.1) is 6.20 Å². The number of aryl methyl sites for hydroxylation is 1. The Hall–Kier alpha value is -1.68. The minimum Gasteiger partial charge on any atom is -0.486 e. The zero-order valence-electron chi connectivity index (χ0n) is 9.55. The van der Waals surface area contributed by atoms with E-state index in [1.807, 2.05) is 0 Å². The summed E-state index contributed by atoms with van der Waals surface area (Å²) in [6, 6.07) is 7.60. The van der Waals surface area contributed by atoms with Gasteiger partial charge >= 0.3 is 0 Å².